The lowest BCUT2D eigenvalue weighted by atomic mass is 9.85. The van der Waals surface area contributed by atoms with Crippen LogP contribution in [0.4, 0.5) is 5.69 Å². The van der Waals surface area contributed by atoms with E-state index < -0.39 is 52.2 Å². The summed E-state index contributed by atoms with van der Waals surface area (Å²) in [6.07, 6.45) is 0. The number of aromatic carboxylic acids is 2. The second kappa shape index (κ2) is 15.4. The number of benzene rings is 7. The molecule has 0 spiro atoms. The van der Waals surface area contributed by atoms with E-state index in [0.29, 0.717) is 16.5 Å². The highest BCUT2D eigenvalue weighted by Gasteiger charge is 2.42. The molecule has 316 valence electrons. The van der Waals surface area contributed by atoms with Crippen LogP contribution in [0.5, 0.6) is 0 Å². The fourth-order valence-electron chi connectivity index (χ4n) is 8.69. The van der Waals surface area contributed by atoms with Crippen LogP contribution in [0.25, 0.3) is 32.4 Å². The molecule has 10 heteroatoms. The second-order valence-electron chi connectivity index (χ2n) is 17.2. The molecule has 7 aromatic carbocycles. The number of nitrogens with zero attached hydrogens (tertiary/aromatic N) is 2. The summed E-state index contributed by atoms with van der Waals surface area (Å²) in [5.41, 5.74) is 2.90. The number of carboxylic acids is 2. The van der Waals surface area contributed by atoms with Gasteiger partial charge in [0.2, 0.25) is 0 Å². The van der Waals surface area contributed by atoms with Crippen LogP contribution < -0.4 is 4.90 Å². The fraction of sp³-hybridized carbons (Fsp3) is 0.0893. The largest absolute Gasteiger partial charge is 0.478 e. The van der Waals surface area contributed by atoms with Crippen molar-refractivity contribution in [1.29, 1.82) is 0 Å². The molecule has 0 saturated heterocycles. The summed E-state index contributed by atoms with van der Waals surface area (Å²) in [4.78, 5) is 86.1. The summed E-state index contributed by atoms with van der Waals surface area (Å²) in [6.45, 7) is 5.99. The molecule has 1 aromatic heterocycles. The average molecular weight is 863 g/mol. The quantitative estimate of drug-likeness (QED) is 0.0760. The van der Waals surface area contributed by atoms with Crippen LogP contribution in [0.1, 0.15) is 122 Å². The highest BCUT2D eigenvalue weighted by Crippen LogP contribution is 2.40. The van der Waals surface area contributed by atoms with Gasteiger partial charge >= 0.3 is 11.9 Å². The zero-order valence-corrected chi connectivity index (χ0v) is 35.5. The first kappa shape index (κ1) is 41.0. The molecule has 0 radical (unpaired) electrons. The van der Waals surface area contributed by atoms with E-state index in [1.54, 1.807) is 42.5 Å². The van der Waals surface area contributed by atoms with Crippen LogP contribution in [-0.2, 0) is 5.41 Å². The van der Waals surface area contributed by atoms with Crippen molar-refractivity contribution in [2.24, 2.45) is 0 Å². The maximum absolute atomic E-state index is 14.3. The summed E-state index contributed by atoms with van der Waals surface area (Å²) in [6, 6.07) is 38.5. The Hall–Kier alpha value is -8.99. The van der Waals surface area contributed by atoms with E-state index >= 15 is 0 Å². The number of aromatic nitrogens is 1. The first-order valence-electron chi connectivity index (χ1n) is 20.9. The molecule has 1 aliphatic carbocycles. The van der Waals surface area contributed by atoms with Gasteiger partial charge in [0.15, 0.2) is 11.6 Å². The Morgan fingerprint density at radius 1 is 0.545 bits per heavy atom. The van der Waals surface area contributed by atoms with Gasteiger partial charge in [0.25, 0.3) is 11.8 Å². The number of rotatable bonds is 4. The predicted octanol–water partition coefficient (Wildman–Crippen LogP) is 10.00. The van der Waals surface area contributed by atoms with Crippen molar-refractivity contribution in [2.75, 3.05) is 4.90 Å². The molecular weight excluding hydrogens is 829 g/mol. The molecule has 0 fully saturated rings. The number of amides is 2. The second-order valence-corrected chi connectivity index (χ2v) is 17.2. The topological polar surface area (TPSA) is 159 Å². The molecule has 8 aromatic rings. The summed E-state index contributed by atoms with van der Waals surface area (Å²) < 4.78 is 0. The monoisotopic (exact) mass is 862 g/mol. The third-order valence-electron chi connectivity index (χ3n) is 12.1. The van der Waals surface area contributed by atoms with Gasteiger partial charge in [-0.3, -0.25) is 19.2 Å². The first-order chi connectivity index (χ1) is 31.7. The van der Waals surface area contributed by atoms with E-state index in [2.05, 4.69) is 29.7 Å². The lowest BCUT2D eigenvalue weighted by Gasteiger charge is -2.24. The van der Waals surface area contributed by atoms with Gasteiger partial charge in [0, 0.05) is 38.8 Å². The zero-order valence-electron chi connectivity index (χ0n) is 35.5. The summed E-state index contributed by atoms with van der Waals surface area (Å²) in [7, 11) is 0. The van der Waals surface area contributed by atoms with Crippen molar-refractivity contribution in [3.63, 3.8) is 0 Å². The van der Waals surface area contributed by atoms with Crippen LogP contribution in [0.3, 0.4) is 0 Å². The molecule has 2 N–H and O–H groups in total. The number of fused-ring (bicyclic) bond motifs is 5. The normalized spacial score (nSPS) is 14.2. The number of anilines is 1. The Morgan fingerprint density at radius 3 is 1.76 bits per heavy atom. The van der Waals surface area contributed by atoms with Gasteiger partial charge in [0.1, 0.15) is 5.92 Å². The Bertz CT molecular complexity index is 3650. The Labute approximate surface area is 377 Å². The number of carbonyl (C=O) groups excluding carboxylic acids is 4. The number of hydrogen-bond acceptors (Lipinski definition) is 7. The maximum atomic E-state index is 14.3. The Kier molecular flexibility index (Phi) is 9.56. The fourth-order valence-corrected chi connectivity index (χ4v) is 8.69. The number of hydrogen-bond donors (Lipinski definition) is 2. The van der Waals surface area contributed by atoms with E-state index in [1.165, 1.54) is 18.2 Å². The lowest BCUT2D eigenvalue weighted by Crippen LogP contribution is -2.30. The minimum absolute atomic E-state index is 0.0776. The van der Waals surface area contributed by atoms with E-state index in [0.717, 1.165) is 49.7 Å². The van der Waals surface area contributed by atoms with Gasteiger partial charge in [-0.05, 0) is 111 Å². The molecule has 0 saturated carbocycles. The third-order valence-corrected chi connectivity index (χ3v) is 12.1. The minimum atomic E-state index is -1.42. The van der Waals surface area contributed by atoms with E-state index in [4.69, 9.17) is 4.98 Å². The highest BCUT2D eigenvalue weighted by atomic mass is 16.4. The smallest absolute Gasteiger partial charge is 0.336 e. The summed E-state index contributed by atoms with van der Waals surface area (Å²) in [5, 5.41) is 23.6. The van der Waals surface area contributed by atoms with Crippen LogP contribution in [0.2, 0.25) is 0 Å². The average Bonchev–Trinajstić information content (AvgIpc) is 3.70. The molecule has 66 heavy (non-hydrogen) atoms. The van der Waals surface area contributed by atoms with Crippen molar-refractivity contribution in [3.8, 4) is 23.7 Å². The molecule has 0 bridgehead atoms. The molecule has 2 aliphatic rings. The molecular formula is C56H34N2O8. The predicted molar refractivity (Wildman–Crippen MR) is 250 cm³/mol. The Balaban J connectivity index is 0.996. The maximum Gasteiger partial charge on any atom is 0.336 e. The molecule has 2 heterocycles. The summed E-state index contributed by atoms with van der Waals surface area (Å²) >= 11 is 0. The number of Topliss-reactive ketones (excluding diaryl/α,β-unsaturated/α-hetero) is 2. The van der Waals surface area contributed by atoms with Crippen molar-refractivity contribution >= 4 is 73.5 Å². The zero-order chi connectivity index (χ0) is 46.2. The van der Waals surface area contributed by atoms with Gasteiger partial charge in [-0.15, -0.1) is 0 Å². The number of ketones is 2. The van der Waals surface area contributed by atoms with Gasteiger partial charge in [0.05, 0.1) is 39.2 Å². The van der Waals surface area contributed by atoms with Gasteiger partial charge in [-0.1, -0.05) is 99.1 Å². The van der Waals surface area contributed by atoms with Crippen molar-refractivity contribution in [3.05, 3.63) is 200 Å². The number of carboxylic acid groups (broad SMARTS) is 2. The molecule has 1 aliphatic heterocycles. The number of pyridine rings is 1. The van der Waals surface area contributed by atoms with E-state index in [1.807, 2.05) is 75.4 Å². The molecule has 2 amide bonds. The molecule has 10 nitrogen and oxygen atoms in total. The van der Waals surface area contributed by atoms with Gasteiger partial charge in [-0.2, -0.15) is 0 Å². The molecule has 1 atom stereocenters. The SMILES string of the molecule is CC(C)(C)c1cc(N2C(=O)c3ccc(C#Cc4ccc(C(=O)O)c(C(=O)O)c4)cc3C2=O)c2nc(C3C(=O)c4ccc(C#Cc5c6ccccc6cc6ccccc56)cc4C3=O)ccc2c1. The van der Waals surface area contributed by atoms with Gasteiger partial charge < -0.3 is 10.2 Å². The third kappa shape index (κ3) is 6.85. The van der Waals surface area contributed by atoms with E-state index in [9.17, 15) is 39.0 Å². The van der Waals surface area contributed by atoms with Crippen molar-refractivity contribution < 1.29 is 39.0 Å². The van der Waals surface area contributed by atoms with E-state index in [-0.39, 0.29) is 50.3 Å². The van der Waals surface area contributed by atoms with Crippen LogP contribution in [0.15, 0.2) is 133 Å². The van der Waals surface area contributed by atoms with Crippen molar-refractivity contribution in [1.82, 2.24) is 4.98 Å². The van der Waals surface area contributed by atoms with Crippen LogP contribution in [0, 0.1) is 23.7 Å². The molecule has 1 unspecified atom stereocenters. The van der Waals surface area contributed by atoms with Gasteiger partial charge in [-0.25, -0.2) is 19.5 Å². The van der Waals surface area contributed by atoms with Crippen LogP contribution >= 0.6 is 0 Å². The minimum Gasteiger partial charge on any atom is -0.478 e. The Morgan fingerprint density at radius 2 is 1.11 bits per heavy atom. The van der Waals surface area contributed by atoms with Crippen LogP contribution in [-0.4, -0.2) is 50.5 Å². The lowest BCUT2D eigenvalue weighted by molar-refractivity contribution is 0.0651. The standard InChI is InChI=1S/C56H34N2O8/c1-56(2,3)36-28-35-18-23-46(48-50(59)40-20-15-32(24-43(40)51(48)60)14-19-39-37-10-6-4-8-33(37)27-34-9-5-7-11-38(34)39)57-49(35)47(29-36)58-52(61)41-21-16-30(25-44(41)53(58)62)12-13-31-17-22-42(54(63)64)45(26-31)55(65)66/h4-11,15-18,20-29,48H,1-3H3,(H,63,64)(H,65,66). The summed E-state index contributed by atoms with van der Waals surface area (Å²) in [5.74, 6) is 6.14. The molecule has 10 rings (SSSR count). The van der Waals surface area contributed by atoms with Crippen molar-refractivity contribution in [2.45, 2.75) is 32.1 Å². The highest BCUT2D eigenvalue weighted by molar-refractivity contribution is 6.36. The number of carbonyl (C=O) groups is 6. The first-order valence-corrected chi connectivity index (χ1v) is 20.9. The number of imide groups is 1.